The number of nitro benzene ring substituents is 1. The fourth-order valence-electron chi connectivity index (χ4n) is 2.11. The highest BCUT2D eigenvalue weighted by molar-refractivity contribution is 7.12. The Labute approximate surface area is 142 Å². The maximum atomic E-state index is 11.9. The zero-order valence-corrected chi connectivity index (χ0v) is 13.7. The summed E-state index contributed by atoms with van der Waals surface area (Å²) >= 11 is 1.18. The largest absolute Gasteiger partial charge is 0.366 e. The number of nitro groups is 1. The Bertz CT molecular complexity index is 740. The van der Waals surface area contributed by atoms with E-state index in [1.807, 2.05) is 0 Å². The molecule has 0 spiro atoms. The fourth-order valence-corrected chi connectivity index (χ4v) is 2.92. The second-order valence-corrected chi connectivity index (χ2v) is 6.11. The molecule has 0 saturated heterocycles. The highest BCUT2D eigenvalue weighted by Crippen LogP contribution is 2.15. The monoisotopic (exact) mass is 347 g/mol. The lowest BCUT2D eigenvalue weighted by Gasteiger charge is -2.04. The van der Waals surface area contributed by atoms with Gasteiger partial charge in [-0.2, -0.15) is 0 Å². The van der Waals surface area contributed by atoms with E-state index < -0.39 is 10.8 Å². The minimum atomic E-state index is -0.548. The third kappa shape index (κ3) is 4.88. The standard InChI is InChI=1S/C16H17N3O4S/c17-15(20)12-9-14(24-10-12)16(21)18-8-2-1-3-11-4-6-13(7-5-11)19(22)23/h4-7,9-10H,1-3,8H2,(H2,17,20)(H,18,21). The summed E-state index contributed by atoms with van der Waals surface area (Å²) in [5, 5.41) is 14.9. The Kier molecular flexibility index (Phi) is 6.02. The molecule has 0 aliphatic rings. The Morgan fingerprint density at radius 1 is 1.21 bits per heavy atom. The summed E-state index contributed by atoms with van der Waals surface area (Å²) in [6, 6.07) is 7.95. The van der Waals surface area contributed by atoms with Crippen LogP contribution in [0.3, 0.4) is 0 Å². The average molecular weight is 347 g/mol. The number of hydrogen-bond donors (Lipinski definition) is 2. The van der Waals surface area contributed by atoms with Gasteiger partial charge in [0.05, 0.1) is 15.4 Å². The van der Waals surface area contributed by atoms with E-state index >= 15 is 0 Å². The maximum Gasteiger partial charge on any atom is 0.269 e. The molecule has 126 valence electrons. The van der Waals surface area contributed by atoms with E-state index in [4.69, 9.17) is 5.73 Å². The molecule has 1 heterocycles. The van der Waals surface area contributed by atoms with Crippen molar-refractivity contribution in [2.75, 3.05) is 6.54 Å². The van der Waals surface area contributed by atoms with E-state index in [2.05, 4.69) is 5.32 Å². The van der Waals surface area contributed by atoms with E-state index in [0.29, 0.717) is 17.0 Å². The molecule has 7 nitrogen and oxygen atoms in total. The third-order valence-electron chi connectivity index (χ3n) is 3.43. The molecule has 0 atom stereocenters. The molecule has 0 fully saturated rings. The Balaban J connectivity index is 1.69. The molecule has 1 aromatic heterocycles. The van der Waals surface area contributed by atoms with E-state index in [0.717, 1.165) is 24.8 Å². The van der Waals surface area contributed by atoms with Crippen LogP contribution in [0.1, 0.15) is 38.4 Å². The predicted molar refractivity (Wildman–Crippen MR) is 91.2 cm³/mol. The first-order chi connectivity index (χ1) is 11.5. The summed E-state index contributed by atoms with van der Waals surface area (Å²) in [6.45, 7) is 0.523. The molecule has 2 aromatic rings. The number of thiophene rings is 1. The highest BCUT2D eigenvalue weighted by Gasteiger charge is 2.11. The van der Waals surface area contributed by atoms with Gasteiger partial charge in [-0.05, 0) is 30.9 Å². The van der Waals surface area contributed by atoms with Gasteiger partial charge >= 0.3 is 0 Å². The van der Waals surface area contributed by atoms with E-state index in [-0.39, 0.29) is 11.6 Å². The van der Waals surface area contributed by atoms with Crippen LogP contribution in [0.5, 0.6) is 0 Å². The van der Waals surface area contributed by atoms with Gasteiger partial charge in [0.15, 0.2) is 0 Å². The van der Waals surface area contributed by atoms with E-state index in [9.17, 15) is 19.7 Å². The van der Waals surface area contributed by atoms with Crippen LogP contribution in [0.4, 0.5) is 5.69 Å². The van der Waals surface area contributed by atoms with Crippen molar-refractivity contribution < 1.29 is 14.5 Å². The summed E-state index contributed by atoms with van der Waals surface area (Å²) < 4.78 is 0. The smallest absolute Gasteiger partial charge is 0.269 e. The Morgan fingerprint density at radius 2 is 1.92 bits per heavy atom. The molecule has 2 rings (SSSR count). The van der Waals surface area contributed by atoms with Gasteiger partial charge < -0.3 is 11.1 Å². The zero-order valence-electron chi connectivity index (χ0n) is 12.9. The van der Waals surface area contributed by atoms with Gasteiger partial charge in [0.1, 0.15) is 0 Å². The van der Waals surface area contributed by atoms with Crippen molar-refractivity contribution in [2.45, 2.75) is 19.3 Å². The lowest BCUT2D eigenvalue weighted by Crippen LogP contribution is -2.23. The van der Waals surface area contributed by atoms with Crippen molar-refractivity contribution in [3.63, 3.8) is 0 Å². The first kappa shape index (κ1) is 17.6. The number of rotatable bonds is 8. The molecule has 8 heteroatoms. The molecule has 0 aliphatic carbocycles. The highest BCUT2D eigenvalue weighted by atomic mass is 32.1. The lowest BCUT2D eigenvalue weighted by molar-refractivity contribution is -0.384. The molecular formula is C16H17N3O4S. The van der Waals surface area contributed by atoms with Gasteiger partial charge in [-0.15, -0.1) is 11.3 Å². The molecule has 0 aliphatic heterocycles. The van der Waals surface area contributed by atoms with Crippen LogP contribution in [-0.4, -0.2) is 23.3 Å². The molecule has 1 aromatic carbocycles. The number of amides is 2. The fraction of sp³-hybridized carbons (Fsp3) is 0.250. The summed E-state index contributed by atoms with van der Waals surface area (Å²) in [5.41, 5.74) is 6.59. The first-order valence-electron chi connectivity index (χ1n) is 7.37. The summed E-state index contributed by atoms with van der Waals surface area (Å²) in [4.78, 5) is 33.5. The number of aryl methyl sites for hydroxylation is 1. The van der Waals surface area contributed by atoms with Crippen molar-refractivity contribution in [2.24, 2.45) is 5.73 Å². The number of benzene rings is 1. The van der Waals surface area contributed by atoms with Crippen LogP contribution in [-0.2, 0) is 6.42 Å². The molecular weight excluding hydrogens is 330 g/mol. The minimum Gasteiger partial charge on any atom is -0.366 e. The van der Waals surface area contributed by atoms with Crippen LogP contribution < -0.4 is 11.1 Å². The Hall–Kier alpha value is -2.74. The molecule has 3 N–H and O–H groups in total. The van der Waals surface area contributed by atoms with Crippen LogP contribution in [0.15, 0.2) is 35.7 Å². The number of carbonyl (C=O) groups is 2. The summed E-state index contributed by atoms with van der Waals surface area (Å²) in [5.74, 6) is -0.767. The summed E-state index contributed by atoms with van der Waals surface area (Å²) in [7, 11) is 0. The van der Waals surface area contributed by atoms with Gasteiger partial charge in [-0.3, -0.25) is 19.7 Å². The topological polar surface area (TPSA) is 115 Å². The van der Waals surface area contributed by atoms with Crippen molar-refractivity contribution in [1.29, 1.82) is 0 Å². The van der Waals surface area contributed by atoms with E-state index in [1.54, 1.807) is 17.5 Å². The normalized spacial score (nSPS) is 10.3. The zero-order chi connectivity index (χ0) is 17.5. The number of hydrogen-bond acceptors (Lipinski definition) is 5. The maximum absolute atomic E-state index is 11.9. The Morgan fingerprint density at radius 3 is 2.50 bits per heavy atom. The van der Waals surface area contributed by atoms with Gasteiger partial charge in [0.2, 0.25) is 5.91 Å². The lowest BCUT2D eigenvalue weighted by atomic mass is 10.1. The molecule has 0 saturated carbocycles. The number of carbonyl (C=O) groups excluding carboxylic acids is 2. The average Bonchev–Trinajstić information content (AvgIpc) is 3.05. The van der Waals surface area contributed by atoms with Crippen molar-refractivity contribution in [3.8, 4) is 0 Å². The molecule has 2 amide bonds. The van der Waals surface area contributed by atoms with Gasteiger partial charge in [-0.25, -0.2) is 0 Å². The van der Waals surface area contributed by atoms with Crippen molar-refractivity contribution >= 4 is 28.8 Å². The number of nitrogens with one attached hydrogen (secondary N) is 1. The van der Waals surface area contributed by atoms with Crippen LogP contribution in [0, 0.1) is 10.1 Å². The van der Waals surface area contributed by atoms with Crippen molar-refractivity contribution in [3.05, 3.63) is 61.8 Å². The van der Waals surface area contributed by atoms with Gasteiger partial charge in [-0.1, -0.05) is 12.1 Å². The molecule has 0 radical (unpaired) electrons. The number of nitrogens with two attached hydrogens (primary N) is 1. The predicted octanol–water partition coefficient (Wildman–Crippen LogP) is 2.51. The van der Waals surface area contributed by atoms with Crippen LogP contribution in [0.2, 0.25) is 0 Å². The first-order valence-corrected chi connectivity index (χ1v) is 8.25. The van der Waals surface area contributed by atoms with Crippen LogP contribution in [0.25, 0.3) is 0 Å². The SMILES string of the molecule is NC(=O)c1csc(C(=O)NCCCCc2ccc([N+](=O)[O-])cc2)c1. The second-order valence-electron chi connectivity index (χ2n) is 5.20. The number of nitrogens with zero attached hydrogens (tertiary/aromatic N) is 1. The number of primary amides is 1. The van der Waals surface area contributed by atoms with Crippen molar-refractivity contribution in [1.82, 2.24) is 5.32 Å². The number of non-ortho nitro benzene ring substituents is 1. The second kappa shape index (κ2) is 8.21. The van der Waals surface area contributed by atoms with Gasteiger partial charge in [0, 0.05) is 24.1 Å². The quantitative estimate of drug-likeness (QED) is 0.433. The molecule has 0 bridgehead atoms. The third-order valence-corrected chi connectivity index (χ3v) is 4.36. The van der Waals surface area contributed by atoms with Gasteiger partial charge in [0.25, 0.3) is 11.6 Å². The van der Waals surface area contributed by atoms with E-state index in [1.165, 1.54) is 29.5 Å². The summed E-state index contributed by atoms with van der Waals surface area (Å²) in [6.07, 6.45) is 2.44. The molecule has 0 unspecified atom stereocenters. The number of unbranched alkanes of at least 4 members (excludes halogenated alkanes) is 1. The van der Waals surface area contributed by atoms with Crippen LogP contribution >= 0.6 is 11.3 Å². The minimum absolute atomic E-state index is 0.0808. The molecule has 24 heavy (non-hydrogen) atoms.